The smallest absolute Gasteiger partial charge is 0.130 e. The van der Waals surface area contributed by atoms with Crippen LogP contribution in [0, 0.1) is 0 Å². The zero-order valence-electron chi connectivity index (χ0n) is 11.4. The normalized spacial score (nSPS) is 10.7. The topological polar surface area (TPSA) is 27.1 Å². The van der Waals surface area contributed by atoms with E-state index in [9.17, 15) is 0 Å². The van der Waals surface area contributed by atoms with Crippen LogP contribution in [0.25, 0.3) is 0 Å². The highest BCUT2D eigenvalue weighted by Crippen LogP contribution is 2.16. The van der Waals surface area contributed by atoms with E-state index in [0.717, 1.165) is 35.4 Å². The first kappa shape index (κ1) is 14.1. The molecule has 4 heteroatoms. The van der Waals surface area contributed by atoms with Crippen molar-refractivity contribution in [2.75, 3.05) is 0 Å². The van der Waals surface area contributed by atoms with Gasteiger partial charge in [0, 0.05) is 11.9 Å². The molecule has 0 saturated heterocycles. The van der Waals surface area contributed by atoms with Crippen molar-refractivity contribution in [3.63, 3.8) is 0 Å². The van der Waals surface area contributed by atoms with Gasteiger partial charge in [-0.3, -0.25) is 4.68 Å². The van der Waals surface area contributed by atoms with E-state index in [4.69, 9.17) is 4.74 Å². The molecular weight excluding hydrogens is 304 g/mol. The Morgan fingerprint density at radius 3 is 2.53 bits per heavy atom. The van der Waals surface area contributed by atoms with Crippen LogP contribution in [-0.2, 0) is 24.9 Å². The van der Waals surface area contributed by atoms with Gasteiger partial charge in [0.15, 0.2) is 0 Å². The molecule has 2 rings (SSSR count). The number of benzene rings is 1. The van der Waals surface area contributed by atoms with Gasteiger partial charge in [0.1, 0.15) is 12.4 Å². The fourth-order valence-corrected chi connectivity index (χ4v) is 2.28. The number of aryl methyl sites for hydroxylation is 2. The van der Waals surface area contributed by atoms with E-state index in [0.29, 0.717) is 6.61 Å². The molecule has 3 nitrogen and oxygen atoms in total. The maximum absolute atomic E-state index is 5.82. The number of halogens is 1. The predicted octanol–water partition coefficient (Wildman–Crippen LogP) is 3.94. The molecular formula is C15H19BrN2O. The Labute approximate surface area is 122 Å². The first-order chi connectivity index (χ1) is 9.26. The van der Waals surface area contributed by atoms with Crippen molar-refractivity contribution in [1.82, 2.24) is 9.78 Å². The lowest BCUT2D eigenvalue weighted by Gasteiger charge is -2.08. The molecule has 0 bridgehead atoms. The predicted molar refractivity (Wildman–Crippen MR) is 80.7 cm³/mol. The lowest BCUT2D eigenvalue weighted by molar-refractivity contribution is 0.292. The fraction of sp³-hybridized carbons (Fsp3) is 0.400. The van der Waals surface area contributed by atoms with Crippen LogP contribution in [0.15, 0.2) is 30.3 Å². The summed E-state index contributed by atoms with van der Waals surface area (Å²) in [5.41, 5.74) is 3.50. The summed E-state index contributed by atoms with van der Waals surface area (Å²) in [7, 11) is 0. The zero-order valence-corrected chi connectivity index (χ0v) is 13.0. The molecule has 102 valence electrons. The molecule has 0 aliphatic heterocycles. The van der Waals surface area contributed by atoms with Crippen molar-refractivity contribution in [2.45, 2.75) is 38.8 Å². The van der Waals surface area contributed by atoms with Crippen molar-refractivity contribution in [3.05, 3.63) is 47.3 Å². The van der Waals surface area contributed by atoms with E-state index in [1.165, 1.54) is 5.56 Å². The van der Waals surface area contributed by atoms with Crippen LogP contribution in [0.2, 0.25) is 0 Å². The van der Waals surface area contributed by atoms with Gasteiger partial charge in [-0.1, -0.05) is 35.0 Å². The van der Waals surface area contributed by atoms with E-state index in [1.54, 1.807) is 0 Å². The number of hydrogen-bond donors (Lipinski definition) is 0. The Balaban J connectivity index is 2.02. The minimum Gasteiger partial charge on any atom is -0.487 e. The van der Waals surface area contributed by atoms with Crippen LogP contribution in [0.5, 0.6) is 5.75 Å². The number of ether oxygens (including phenoxy) is 1. The molecule has 0 aliphatic rings. The summed E-state index contributed by atoms with van der Waals surface area (Å²) in [6.07, 6.45) is 0.958. The van der Waals surface area contributed by atoms with E-state index in [-0.39, 0.29) is 0 Å². The van der Waals surface area contributed by atoms with Crippen molar-refractivity contribution in [3.8, 4) is 5.75 Å². The molecule has 0 N–H and O–H groups in total. The quantitative estimate of drug-likeness (QED) is 0.753. The number of rotatable bonds is 6. The Morgan fingerprint density at radius 1 is 1.21 bits per heavy atom. The van der Waals surface area contributed by atoms with Gasteiger partial charge in [-0.05, 0) is 37.1 Å². The van der Waals surface area contributed by atoms with Crippen LogP contribution < -0.4 is 4.74 Å². The van der Waals surface area contributed by atoms with Crippen LogP contribution >= 0.6 is 15.9 Å². The zero-order chi connectivity index (χ0) is 13.7. The lowest BCUT2D eigenvalue weighted by atomic mass is 10.2. The van der Waals surface area contributed by atoms with Gasteiger partial charge >= 0.3 is 0 Å². The van der Waals surface area contributed by atoms with Crippen molar-refractivity contribution < 1.29 is 4.74 Å². The number of nitrogens with zero attached hydrogens (tertiary/aromatic N) is 2. The molecule has 1 heterocycles. The third-order valence-electron chi connectivity index (χ3n) is 3.04. The largest absolute Gasteiger partial charge is 0.487 e. The van der Waals surface area contributed by atoms with Gasteiger partial charge in [-0.25, -0.2) is 0 Å². The molecule has 0 fully saturated rings. The number of hydrogen-bond acceptors (Lipinski definition) is 2. The first-order valence-corrected chi connectivity index (χ1v) is 7.72. The number of aromatic nitrogens is 2. The van der Waals surface area contributed by atoms with Crippen molar-refractivity contribution in [1.29, 1.82) is 0 Å². The highest BCUT2D eigenvalue weighted by atomic mass is 79.9. The number of alkyl halides is 1. The molecule has 0 saturated carbocycles. The van der Waals surface area contributed by atoms with Crippen molar-refractivity contribution >= 4 is 15.9 Å². The third kappa shape index (κ3) is 3.60. The summed E-state index contributed by atoms with van der Waals surface area (Å²) < 4.78 is 7.82. The standard InChI is InChI=1S/C15H19BrN2O/c1-3-13-9-14(18(4-2)17-13)11-19-15-7-5-12(10-16)6-8-15/h5-9H,3-4,10-11H2,1-2H3. The van der Waals surface area contributed by atoms with Crippen molar-refractivity contribution in [2.24, 2.45) is 0 Å². The van der Waals surface area contributed by atoms with Gasteiger partial charge in [0.25, 0.3) is 0 Å². The van der Waals surface area contributed by atoms with Gasteiger partial charge in [-0.15, -0.1) is 0 Å². The molecule has 19 heavy (non-hydrogen) atoms. The van der Waals surface area contributed by atoms with Crippen LogP contribution in [0.4, 0.5) is 0 Å². The van der Waals surface area contributed by atoms with E-state index in [2.05, 4.69) is 53.1 Å². The summed E-state index contributed by atoms with van der Waals surface area (Å²) in [6.45, 7) is 5.66. The SMILES string of the molecule is CCc1cc(COc2ccc(CBr)cc2)n(CC)n1. The summed E-state index contributed by atoms with van der Waals surface area (Å²) in [5, 5.41) is 5.39. The Bertz CT molecular complexity index is 519. The molecule has 1 aromatic heterocycles. The molecule has 0 radical (unpaired) electrons. The molecule has 0 aliphatic carbocycles. The monoisotopic (exact) mass is 322 g/mol. The maximum Gasteiger partial charge on any atom is 0.130 e. The Morgan fingerprint density at radius 2 is 1.95 bits per heavy atom. The van der Waals surface area contributed by atoms with Gasteiger partial charge < -0.3 is 4.74 Å². The summed E-state index contributed by atoms with van der Waals surface area (Å²) >= 11 is 3.43. The molecule has 0 spiro atoms. The summed E-state index contributed by atoms with van der Waals surface area (Å²) in [6, 6.07) is 10.3. The highest BCUT2D eigenvalue weighted by molar-refractivity contribution is 9.08. The second-order valence-corrected chi connectivity index (χ2v) is 4.92. The molecule has 0 amide bonds. The molecule has 1 aromatic carbocycles. The van der Waals surface area contributed by atoms with E-state index in [1.807, 2.05) is 16.8 Å². The second-order valence-electron chi connectivity index (χ2n) is 4.36. The van der Waals surface area contributed by atoms with Crippen LogP contribution in [0.1, 0.15) is 30.8 Å². The minimum atomic E-state index is 0.564. The maximum atomic E-state index is 5.82. The van der Waals surface area contributed by atoms with E-state index < -0.39 is 0 Å². The van der Waals surface area contributed by atoms with Gasteiger partial charge in [0.05, 0.1) is 11.4 Å². The fourth-order valence-electron chi connectivity index (χ4n) is 1.91. The van der Waals surface area contributed by atoms with Crippen LogP contribution in [-0.4, -0.2) is 9.78 Å². The van der Waals surface area contributed by atoms with E-state index >= 15 is 0 Å². The lowest BCUT2D eigenvalue weighted by Crippen LogP contribution is -2.06. The van der Waals surface area contributed by atoms with Gasteiger partial charge in [-0.2, -0.15) is 5.10 Å². The molecule has 2 aromatic rings. The summed E-state index contributed by atoms with van der Waals surface area (Å²) in [4.78, 5) is 0. The Kier molecular flexibility index (Phi) is 5.02. The Hall–Kier alpha value is -1.29. The minimum absolute atomic E-state index is 0.564. The van der Waals surface area contributed by atoms with Crippen LogP contribution in [0.3, 0.4) is 0 Å². The first-order valence-electron chi connectivity index (χ1n) is 6.60. The second kappa shape index (κ2) is 6.75. The highest BCUT2D eigenvalue weighted by Gasteiger charge is 2.06. The third-order valence-corrected chi connectivity index (χ3v) is 3.69. The van der Waals surface area contributed by atoms with Gasteiger partial charge in [0.2, 0.25) is 0 Å². The average molecular weight is 323 g/mol. The molecule has 0 atom stereocenters. The average Bonchev–Trinajstić information content (AvgIpc) is 2.88. The summed E-state index contributed by atoms with van der Waals surface area (Å²) in [5.74, 6) is 0.895. The molecule has 0 unspecified atom stereocenters.